The van der Waals surface area contributed by atoms with Gasteiger partial charge in [0.05, 0.1) is 25.4 Å². The molecule has 0 radical (unpaired) electrons. The topological polar surface area (TPSA) is 53.6 Å². The van der Waals surface area contributed by atoms with E-state index in [9.17, 15) is 9.18 Å². The van der Waals surface area contributed by atoms with Gasteiger partial charge >= 0.3 is 0 Å². The first-order valence-corrected chi connectivity index (χ1v) is 8.31. The molecule has 0 spiro atoms. The highest BCUT2D eigenvalue weighted by molar-refractivity contribution is 5.82. The number of ether oxygens (including phenoxy) is 1. The van der Waals surface area contributed by atoms with Crippen molar-refractivity contribution in [2.24, 2.45) is 0 Å². The minimum Gasteiger partial charge on any atom is -0.495 e. The van der Waals surface area contributed by atoms with Crippen LogP contribution in [0.4, 0.5) is 10.1 Å². The van der Waals surface area contributed by atoms with Crippen molar-refractivity contribution in [2.45, 2.75) is 6.04 Å². The smallest absolute Gasteiger partial charge is 0.242 e. The summed E-state index contributed by atoms with van der Waals surface area (Å²) in [5.41, 5.74) is 1.58. The first kappa shape index (κ1) is 17.2. The van der Waals surface area contributed by atoms with Gasteiger partial charge in [0, 0.05) is 19.6 Å². The third-order valence-electron chi connectivity index (χ3n) is 4.33. The molecule has 1 aliphatic heterocycles. The van der Waals surface area contributed by atoms with Gasteiger partial charge in [-0.3, -0.25) is 4.79 Å². The highest BCUT2D eigenvalue weighted by Crippen LogP contribution is 2.25. The number of piperazine rings is 1. The monoisotopic (exact) mass is 343 g/mol. The molecule has 6 heteroatoms. The predicted molar refractivity (Wildman–Crippen MR) is 95.2 cm³/mol. The highest BCUT2D eigenvalue weighted by Gasteiger charge is 2.27. The lowest BCUT2D eigenvalue weighted by Crippen LogP contribution is -2.50. The average Bonchev–Trinajstić information content (AvgIpc) is 2.66. The van der Waals surface area contributed by atoms with Crippen LogP contribution in [-0.4, -0.2) is 44.1 Å². The number of amides is 1. The normalized spacial score (nSPS) is 17.2. The number of hydrogen-bond acceptors (Lipinski definition) is 4. The Morgan fingerprint density at radius 1 is 1.32 bits per heavy atom. The standard InChI is InChI=1S/C19H22FN3O2/c1-25-18-8-3-2-7-16(18)22-13-19(24)23-10-9-21-12-17(23)14-5-4-6-15(20)11-14/h2-8,11,17,21-22H,9-10,12-13H2,1H3. The number of anilines is 1. The average molecular weight is 343 g/mol. The van der Waals surface area contributed by atoms with E-state index in [1.54, 1.807) is 18.1 Å². The summed E-state index contributed by atoms with van der Waals surface area (Å²) in [4.78, 5) is 14.5. The summed E-state index contributed by atoms with van der Waals surface area (Å²) in [5, 5.41) is 6.41. The van der Waals surface area contributed by atoms with Crippen LogP contribution < -0.4 is 15.4 Å². The van der Waals surface area contributed by atoms with Gasteiger partial charge in [0.1, 0.15) is 11.6 Å². The molecule has 2 N–H and O–H groups in total. The third kappa shape index (κ3) is 4.09. The van der Waals surface area contributed by atoms with Gasteiger partial charge in [0.15, 0.2) is 0 Å². The fraction of sp³-hybridized carbons (Fsp3) is 0.316. The molecule has 3 rings (SSSR count). The molecule has 0 aliphatic carbocycles. The number of rotatable bonds is 5. The Morgan fingerprint density at radius 3 is 2.96 bits per heavy atom. The zero-order valence-electron chi connectivity index (χ0n) is 14.2. The summed E-state index contributed by atoms with van der Waals surface area (Å²) >= 11 is 0. The van der Waals surface area contributed by atoms with Crippen molar-refractivity contribution in [3.63, 3.8) is 0 Å². The van der Waals surface area contributed by atoms with E-state index in [2.05, 4.69) is 10.6 Å². The van der Waals surface area contributed by atoms with Crippen LogP contribution in [0.3, 0.4) is 0 Å². The SMILES string of the molecule is COc1ccccc1NCC(=O)N1CCNCC1c1cccc(F)c1. The van der Waals surface area contributed by atoms with Gasteiger partial charge in [0.2, 0.25) is 5.91 Å². The number of methoxy groups -OCH3 is 1. The van der Waals surface area contributed by atoms with E-state index >= 15 is 0 Å². The Kier molecular flexibility index (Phi) is 5.50. The number of nitrogens with zero attached hydrogens (tertiary/aromatic N) is 1. The molecule has 1 amide bonds. The van der Waals surface area contributed by atoms with Crippen LogP contribution in [0, 0.1) is 5.82 Å². The predicted octanol–water partition coefficient (Wildman–Crippen LogP) is 2.42. The second kappa shape index (κ2) is 7.98. The molecule has 1 saturated heterocycles. The number of hydrogen-bond donors (Lipinski definition) is 2. The van der Waals surface area contributed by atoms with E-state index in [-0.39, 0.29) is 24.3 Å². The van der Waals surface area contributed by atoms with Crippen LogP contribution >= 0.6 is 0 Å². The molecule has 132 valence electrons. The molecule has 1 atom stereocenters. The van der Waals surface area contributed by atoms with E-state index in [0.29, 0.717) is 18.8 Å². The van der Waals surface area contributed by atoms with E-state index < -0.39 is 0 Å². The minimum absolute atomic E-state index is 0.0262. The fourth-order valence-corrected chi connectivity index (χ4v) is 3.08. The van der Waals surface area contributed by atoms with Crippen LogP contribution in [0.5, 0.6) is 5.75 Å². The fourth-order valence-electron chi connectivity index (χ4n) is 3.08. The van der Waals surface area contributed by atoms with Gasteiger partial charge in [-0.2, -0.15) is 0 Å². The maximum atomic E-state index is 13.6. The van der Waals surface area contributed by atoms with Crippen molar-refractivity contribution in [3.8, 4) is 5.75 Å². The lowest BCUT2D eigenvalue weighted by Gasteiger charge is -2.36. The molecule has 0 bridgehead atoms. The number of carbonyl (C=O) groups is 1. The van der Waals surface area contributed by atoms with Gasteiger partial charge in [-0.15, -0.1) is 0 Å². The minimum atomic E-state index is -0.289. The Bertz CT molecular complexity index is 738. The lowest BCUT2D eigenvalue weighted by atomic mass is 10.0. The molecule has 1 fully saturated rings. The Hall–Kier alpha value is -2.60. The van der Waals surface area contributed by atoms with Crippen molar-refractivity contribution in [1.29, 1.82) is 0 Å². The number of carbonyl (C=O) groups excluding carboxylic acids is 1. The van der Waals surface area contributed by atoms with Crippen LogP contribution in [0.1, 0.15) is 11.6 Å². The van der Waals surface area contributed by atoms with Crippen molar-refractivity contribution in [2.75, 3.05) is 38.6 Å². The first-order valence-electron chi connectivity index (χ1n) is 8.31. The zero-order valence-corrected chi connectivity index (χ0v) is 14.2. The van der Waals surface area contributed by atoms with Crippen LogP contribution in [0.15, 0.2) is 48.5 Å². The van der Waals surface area contributed by atoms with E-state index in [1.807, 2.05) is 30.3 Å². The number of benzene rings is 2. The highest BCUT2D eigenvalue weighted by atomic mass is 19.1. The molecule has 2 aromatic carbocycles. The maximum Gasteiger partial charge on any atom is 0.242 e. The molecule has 5 nitrogen and oxygen atoms in total. The Balaban J connectivity index is 1.71. The summed E-state index contributed by atoms with van der Waals surface area (Å²) in [6, 6.07) is 13.7. The maximum absolute atomic E-state index is 13.6. The summed E-state index contributed by atoms with van der Waals surface area (Å²) in [7, 11) is 1.60. The zero-order chi connectivity index (χ0) is 17.6. The summed E-state index contributed by atoms with van der Waals surface area (Å²) < 4.78 is 18.8. The molecule has 0 saturated carbocycles. The Labute approximate surface area is 146 Å². The second-order valence-corrected chi connectivity index (χ2v) is 5.92. The molecule has 1 aliphatic rings. The third-order valence-corrected chi connectivity index (χ3v) is 4.33. The van der Waals surface area contributed by atoms with Gasteiger partial charge in [-0.1, -0.05) is 24.3 Å². The van der Waals surface area contributed by atoms with Crippen molar-refractivity contribution < 1.29 is 13.9 Å². The number of halogens is 1. The summed E-state index contributed by atoms with van der Waals surface area (Å²) in [5.74, 6) is 0.376. The molecule has 1 heterocycles. The van der Waals surface area contributed by atoms with Gasteiger partial charge in [-0.05, 0) is 29.8 Å². The van der Waals surface area contributed by atoms with Crippen LogP contribution in [-0.2, 0) is 4.79 Å². The first-order chi connectivity index (χ1) is 12.2. The van der Waals surface area contributed by atoms with Crippen molar-refractivity contribution >= 4 is 11.6 Å². The quantitative estimate of drug-likeness (QED) is 0.875. The molecule has 1 unspecified atom stereocenters. The second-order valence-electron chi connectivity index (χ2n) is 5.92. The molecular formula is C19H22FN3O2. The van der Waals surface area contributed by atoms with Gasteiger partial charge in [0.25, 0.3) is 0 Å². The largest absolute Gasteiger partial charge is 0.495 e. The molecular weight excluding hydrogens is 321 g/mol. The van der Waals surface area contributed by atoms with E-state index in [1.165, 1.54) is 12.1 Å². The molecule has 2 aromatic rings. The van der Waals surface area contributed by atoms with Crippen molar-refractivity contribution in [3.05, 3.63) is 59.9 Å². The lowest BCUT2D eigenvalue weighted by molar-refractivity contribution is -0.132. The number of nitrogens with one attached hydrogen (secondary N) is 2. The molecule has 25 heavy (non-hydrogen) atoms. The van der Waals surface area contributed by atoms with E-state index in [4.69, 9.17) is 4.74 Å². The van der Waals surface area contributed by atoms with Crippen LogP contribution in [0.2, 0.25) is 0 Å². The van der Waals surface area contributed by atoms with Crippen molar-refractivity contribution in [1.82, 2.24) is 10.2 Å². The summed E-state index contributed by atoms with van der Waals surface area (Å²) in [6.45, 7) is 2.09. The molecule has 0 aromatic heterocycles. The van der Waals surface area contributed by atoms with Gasteiger partial charge in [-0.25, -0.2) is 4.39 Å². The van der Waals surface area contributed by atoms with Gasteiger partial charge < -0.3 is 20.3 Å². The van der Waals surface area contributed by atoms with Crippen LogP contribution in [0.25, 0.3) is 0 Å². The van der Waals surface area contributed by atoms with E-state index in [0.717, 1.165) is 17.8 Å². The number of para-hydroxylation sites is 2. The Morgan fingerprint density at radius 2 is 2.16 bits per heavy atom. The summed E-state index contributed by atoms with van der Waals surface area (Å²) in [6.07, 6.45) is 0.